The SMILES string of the molecule is CCCN(CC1CC1)N1C2=CC=NC2=C(c2c(C)cc(C)cc2C)CC1C. The third-order valence-electron chi connectivity index (χ3n) is 6.06. The number of aryl methyl sites for hydroxylation is 3. The summed E-state index contributed by atoms with van der Waals surface area (Å²) in [4.78, 5) is 4.84. The monoisotopic (exact) mass is 363 g/mol. The molecule has 0 spiro atoms. The van der Waals surface area contributed by atoms with E-state index in [0.717, 1.165) is 18.9 Å². The van der Waals surface area contributed by atoms with Crippen LogP contribution in [0.4, 0.5) is 0 Å². The molecule has 27 heavy (non-hydrogen) atoms. The van der Waals surface area contributed by atoms with Crippen molar-refractivity contribution in [1.82, 2.24) is 10.0 Å². The number of nitrogens with zero attached hydrogens (tertiary/aromatic N) is 3. The highest BCUT2D eigenvalue weighted by molar-refractivity contribution is 5.87. The van der Waals surface area contributed by atoms with Gasteiger partial charge in [-0.1, -0.05) is 24.6 Å². The van der Waals surface area contributed by atoms with Gasteiger partial charge in [0.1, 0.15) is 0 Å². The van der Waals surface area contributed by atoms with Gasteiger partial charge in [-0.3, -0.25) is 4.99 Å². The molecular weight excluding hydrogens is 330 g/mol. The predicted octanol–water partition coefficient (Wildman–Crippen LogP) is 5.42. The van der Waals surface area contributed by atoms with Gasteiger partial charge in [0.25, 0.3) is 0 Å². The van der Waals surface area contributed by atoms with E-state index in [1.54, 1.807) is 0 Å². The second-order valence-electron chi connectivity index (χ2n) is 8.68. The third-order valence-corrected chi connectivity index (χ3v) is 6.06. The zero-order valence-corrected chi connectivity index (χ0v) is 17.5. The van der Waals surface area contributed by atoms with Gasteiger partial charge in [-0.15, -0.1) is 0 Å². The van der Waals surface area contributed by atoms with Crippen molar-refractivity contribution in [1.29, 1.82) is 0 Å². The zero-order valence-electron chi connectivity index (χ0n) is 17.5. The first kappa shape index (κ1) is 18.5. The normalized spacial score (nSPS) is 21.9. The lowest BCUT2D eigenvalue weighted by molar-refractivity contribution is -0.0259. The highest BCUT2D eigenvalue weighted by Gasteiger charge is 2.36. The molecule has 1 atom stereocenters. The number of hydrogen-bond acceptors (Lipinski definition) is 3. The molecule has 0 aromatic heterocycles. The van der Waals surface area contributed by atoms with Crippen LogP contribution in [0.15, 0.2) is 34.6 Å². The van der Waals surface area contributed by atoms with Crippen LogP contribution in [0.3, 0.4) is 0 Å². The molecule has 3 aliphatic rings. The Labute approximate surface area is 164 Å². The van der Waals surface area contributed by atoms with Crippen LogP contribution >= 0.6 is 0 Å². The fraction of sp³-hybridized carbons (Fsp3) is 0.542. The van der Waals surface area contributed by atoms with Crippen LogP contribution in [-0.4, -0.2) is 35.4 Å². The smallest absolute Gasteiger partial charge is 0.0916 e. The molecule has 1 saturated carbocycles. The van der Waals surface area contributed by atoms with Crippen LogP contribution in [0, 0.1) is 26.7 Å². The molecule has 0 saturated heterocycles. The summed E-state index contributed by atoms with van der Waals surface area (Å²) in [6.07, 6.45) is 9.25. The first-order valence-corrected chi connectivity index (χ1v) is 10.6. The lowest BCUT2D eigenvalue weighted by Gasteiger charge is -2.45. The standard InChI is InChI=1S/C24H33N3/c1-6-11-26(15-20-7-8-20)27-19(5)14-21(24-22(27)9-10-25-24)23-17(3)12-16(2)13-18(23)4/h9-10,12-13,19-20H,6-8,11,14-15H2,1-5H3. The van der Waals surface area contributed by atoms with Gasteiger partial charge >= 0.3 is 0 Å². The van der Waals surface area contributed by atoms with Crippen molar-refractivity contribution in [3.8, 4) is 0 Å². The van der Waals surface area contributed by atoms with E-state index in [4.69, 9.17) is 4.99 Å². The Morgan fingerprint density at radius 3 is 2.48 bits per heavy atom. The summed E-state index contributed by atoms with van der Waals surface area (Å²) in [6, 6.07) is 5.08. The minimum atomic E-state index is 0.460. The van der Waals surface area contributed by atoms with Gasteiger partial charge in [0.05, 0.1) is 11.4 Å². The molecule has 0 N–H and O–H groups in total. The summed E-state index contributed by atoms with van der Waals surface area (Å²) >= 11 is 0. The van der Waals surface area contributed by atoms with Gasteiger partial charge in [0.15, 0.2) is 0 Å². The highest BCUT2D eigenvalue weighted by Crippen LogP contribution is 2.43. The van der Waals surface area contributed by atoms with Gasteiger partial charge in [-0.25, -0.2) is 5.01 Å². The van der Waals surface area contributed by atoms with E-state index in [1.165, 1.54) is 65.0 Å². The summed E-state index contributed by atoms with van der Waals surface area (Å²) in [5.74, 6) is 0.891. The van der Waals surface area contributed by atoms with Gasteiger partial charge in [-0.2, -0.15) is 0 Å². The van der Waals surface area contributed by atoms with Gasteiger partial charge in [0, 0.05) is 25.3 Å². The number of fused-ring (bicyclic) bond motifs is 1. The maximum Gasteiger partial charge on any atom is 0.0916 e. The molecule has 0 bridgehead atoms. The third kappa shape index (κ3) is 3.50. The zero-order chi connectivity index (χ0) is 19.1. The van der Waals surface area contributed by atoms with Crippen LogP contribution in [-0.2, 0) is 0 Å². The average Bonchev–Trinajstić information content (AvgIpc) is 3.27. The molecule has 3 heteroatoms. The molecule has 4 rings (SSSR count). The average molecular weight is 364 g/mol. The maximum atomic E-state index is 4.84. The maximum absolute atomic E-state index is 4.84. The molecule has 2 heterocycles. The lowest BCUT2D eigenvalue weighted by atomic mass is 9.86. The molecule has 1 aromatic carbocycles. The molecule has 1 fully saturated rings. The number of allylic oxidation sites excluding steroid dienone is 1. The summed E-state index contributed by atoms with van der Waals surface area (Å²) < 4.78 is 0. The summed E-state index contributed by atoms with van der Waals surface area (Å²) in [5.41, 5.74) is 9.43. The molecule has 144 valence electrons. The quantitative estimate of drug-likeness (QED) is 0.672. The Morgan fingerprint density at radius 2 is 1.85 bits per heavy atom. The molecule has 1 unspecified atom stereocenters. The Kier molecular flexibility index (Phi) is 4.98. The van der Waals surface area contributed by atoms with Crippen LogP contribution in [0.2, 0.25) is 0 Å². The minimum absolute atomic E-state index is 0.460. The van der Waals surface area contributed by atoms with E-state index >= 15 is 0 Å². The van der Waals surface area contributed by atoms with Gasteiger partial charge < -0.3 is 5.01 Å². The van der Waals surface area contributed by atoms with E-state index in [-0.39, 0.29) is 0 Å². The number of hydrazine groups is 1. The molecule has 0 radical (unpaired) electrons. The number of hydrogen-bond donors (Lipinski definition) is 0. The van der Waals surface area contributed by atoms with Crippen LogP contribution in [0.25, 0.3) is 5.57 Å². The largest absolute Gasteiger partial charge is 0.300 e. The van der Waals surface area contributed by atoms with E-state index < -0.39 is 0 Å². The summed E-state index contributed by atoms with van der Waals surface area (Å²) in [5, 5.41) is 5.17. The lowest BCUT2D eigenvalue weighted by Crippen LogP contribution is -2.50. The Bertz CT molecular complexity index is 803. The molecule has 1 aromatic rings. The van der Waals surface area contributed by atoms with E-state index in [1.807, 2.05) is 6.21 Å². The highest BCUT2D eigenvalue weighted by atomic mass is 15.6. The summed E-state index contributed by atoms with van der Waals surface area (Å²) in [7, 11) is 0. The van der Waals surface area contributed by atoms with Crippen molar-refractivity contribution in [3.05, 3.63) is 51.9 Å². The second-order valence-corrected chi connectivity index (χ2v) is 8.68. The fourth-order valence-electron chi connectivity index (χ4n) is 4.91. The molecule has 3 nitrogen and oxygen atoms in total. The van der Waals surface area contributed by atoms with Crippen molar-refractivity contribution < 1.29 is 0 Å². The molecular formula is C24H33N3. The second kappa shape index (κ2) is 7.27. The molecule has 1 aliphatic carbocycles. The van der Waals surface area contributed by atoms with Gasteiger partial charge in [-0.05, 0) is 87.6 Å². The fourth-order valence-corrected chi connectivity index (χ4v) is 4.91. The van der Waals surface area contributed by atoms with E-state index in [2.05, 4.69) is 62.8 Å². The van der Waals surface area contributed by atoms with Crippen LogP contribution in [0.5, 0.6) is 0 Å². The molecule has 0 amide bonds. The first-order valence-electron chi connectivity index (χ1n) is 10.6. The summed E-state index contributed by atoms with van der Waals surface area (Å²) in [6.45, 7) is 13.7. The van der Waals surface area contributed by atoms with Crippen molar-refractivity contribution in [2.75, 3.05) is 13.1 Å². The Hall–Kier alpha value is -1.87. The van der Waals surface area contributed by atoms with E-state index in [9.17, 15) is 0 Å². The minimum Gasteiger partial charge on any atom is -0.300 e. The van der Waals surface area contributed by atoms with Crippen molar-refractivity contribution in [3.63, 3.8) is 0 Å². The number of aliphatic imine (C=N–C) groups is 1. The predicted molar refractivity (Wildman–Crippen MR) is 115 cm³/mol. The van der Waals surface area contributed by atoms with Crippen molar-refractivity contribution >= 4 is 11.8 Å². The Balaban J connectivity index is 1.74. The van der Waals surface area contributed by atoms with Crippen LogP contribution < -0.4 is 0 Å². The Morgan fingerprint density at radius 1 is 1.15 bits per heavy atom. The first-order chi connectivity index (χ1) is 13.0. The van der Waals surface area contributed by atoms with Crippen molar-refractivity contribution in [2.45, 2.75) is 66.3 Å². The van der Waals surface area contributed by atoms with Gasteiger partial charge in [0.2, 0.25) is 0 Å². The van der Waals surface area contributed by atoms with E-state index in [0.29, 0.717) is 6.04 Å². The van der Waals surface area contributed by atoms with Crippen LogP contribution in [0.1, 0.15) is 61.8 Å². The number of benzene rings is 1. The van der Waals surface area contributed by atoms with Crippen molar-refractivity contribution in [2.24, 2.45) is 10.9 Å². The number of rotatable bonds is 6. The molecule has 2 aliphatic heterocycles. The topological polar surface area (TPSA) is 18.8 Å².